The molecule has 23 heavy (non-hydrogen) atoms. The zero-order valence-corrected chi connectivity index (χ0v) is 14.2. The molecule has 0 aliphatic heterocycles. The van der Waals surface area contributed by atoms with E-state index in [4.69, 9.17) is 0 Å². The molecule has 4 nitrogen and oxygen atoms in total. The van der Waals surface area contributed by atoms with Gasteiger partial charge in [-0.05, 0) is 50.5 Å². The maximum Gasteiger partial charge on any atom is 0.233 e. The van der Waals surface area contributed by atoms with Crippen molar-refractivity contribution < 1.29 is 9.59 Å². The number of amides is 2. The molecular formula is C19H24N2O2. The highest BCUT2D eigenvalue weighted by atomic mass is 16.2. The van der Waals surface area contributed by atoms with Crippen LogP contribution in [0.2, 0.25) is 0 Å². The molecule has 0 saturated carbocycles. The standard InChI is InChI=1S/C19H24N2O2/c1-13(2)6-7-15(4)12-20-18(22)11-19(23)21-17-10-14(3)8-9-16(17)5/h6-10,12H,1,11H2,2-5H3,(H,20,22)(H,21,23)/b7-6-,15-12+. The minimum absolute atomic E-state index is 0.221. The monoisotopic (exact) mass is 312 g/mol. The zero-order chi connectivity index (χ0) is 17.4. The summed E-state index contributed by atoms with van der Waals surface area (Å²) in [6.07, 6.45) is 5.05. The van der Waals surface area contributed by atoms with Gasteiger partial charge >= 0.3 is 0 Å². The van der Waals surface area contributed by atoms with Crippen molar-refractivity contribution in [3.63, 3.8) is 0 Å². The quantitative estimate of drug-likeness (QED) is 0.620. The summed E-state index contributed by atoms with van der Waals surface area (Å²) >= 11 is 0. The number of allylic oxidation sites excluding steroid dienone is 4. The summed E-state index contributed by atoms with van der Waals surface area (Å²) in [6.45, 7) is 11.4. The van der Waals surface area contributed by atoms with Crippen LogP contribution in [-0.2, 0) is 9.59 Å². The maximum absolute atomic E-state index is 11.9. The molecule has 0 fully saturated rings. The van der Waals surface area contributed by atoms with Gasteiger partial charge in [0.2, 0.25) is 11.8 Å². The zero-order valence-electron chi connectivity index (χ0n) is 14.2. The highest BCUT2D eigenvalue weighted by molar-refractivity contribution is 6.04. The highest BCUT2D eigenvalue weighted by Gasteiger charge is 2.10. The summed E-state index contributed by atoms with van der Waals surface area (Å²) in [5.41, 5.74) is 4.55. The molecule has 0 aromatic heterocycles. The normalized spacial score (nSPS) is 11.4. The predicted octanol–water partition coefficient (Wildman–Crippen LogP) is 3.78. The Balaban J connectivity index is 2.54. The lowest BCUT2D eigenvalue weighted by molar-refractivity contribution is -0.126. The molecule has 2 amide bonds. The van der Waals surface area contributed by atoms with E-state index < -0.39 is 0 Å². The van der Waals surface area contributed by atoms with Crippen molar-refractivity contribution >= 4 is 17.5 Å². The van der Waals surface area contributed by atoms with E-state index in [1.807, 2.05) is 58.0 Å². The summed E-state index contributed by atoms with van der Waals surface area (Å²) < 4.78 is 0. The lowest BCUT2D eigenvalue weighted by atomic mass is 10.1. The number of carbonyl (C=O) groups is 2. The number of benzene rings is 1. The predicted molar refractivity (Wildman–Crippen MR) is 95.0 cm³/mol. The lowest BCUT2D eigenvalue weighted by Crippen LogP contribution is -2.24. The fraction of sp³-hybridized carbons (Fsp3) is 0.263. The van der Waals surface area contributed by atoms with Crippen LogP contribution in [-0.4, -0.2) is 11.8 Å². The molecule has 0 atom stereocenters. The molecule has 1 rings (SSSR count). The van der Waals surface area contributed by atoms with E-state index in [0.29, 0.717) is 0 Å². The number of nitrogens with one attached hydrogen (secondary N) is 2. The van der Waals surface area contributed by atoms with Crippen molar-refractivity contribution in [2.75, 3.05) is 5.32 Å². The van der Waals surface area contributed by atoms with Crippen LogP contribution in [0.15, 0.2) is 54.3 Å². The van der Waals surface area contributed by atoms with Crippen LogP contribution in [0, 0.1) is 13.8 Å². The van der Waals surface area contributed by atoms with Crippen molar-refractivity contribution in [1.82, 2.24) is 5.32 Å². The molecule has 0 unspecified atom stereocenters. The Labute approximate surface area is 138 Å². The van der Waals surface area contributed by atoms with Gasteiger partial charge in [0, 0.05) is 11.9 Å². The van der Waals surface area contributed by atoms with Gasteiger partial charge in [-0.1, -0.05) is 36.4 Å². The fourth-order valence-corrected chi connectivity index (χ4v) is 1.78. The number of aryl methyl sites for hydroxylation is 2. The van der Waals surface area contributed by atoms with Crippen molar-refractivity contribution in [2.45, 2.75) is 34.1 Å². The van der Waals surface area contributed by atoms with E-state index in [1.54, 1.807) is 6.20 Å². The van der Waals surface area contributed by atoms with Gasteiger partial charge in [-0.25, -0.2) is 0 Å². The molecule has 122 valence electrons. The number of hydrogen-bond acceptors (Lipinski definition) is 2. The molecule has 4 heteroatoms. The molecule has 0 spiro atoms. The molecule has 0 bridgehead atoms. The van der Waals surface area contributed by atoms with E-state index >= 15 is 0 Å². The summed E-state index contributed by atoms with van der Waals surface area (Å²) in [5, 5.41) is 5.37. The summed E-state index contributed by atoms with van der Waals surface area (Å²) in [5.74, 6) is -0.685. The van der Waals surface area contributed by atoms with Gasteiger partial charge in [0.25, 0.3) is 0 Å². The molecule has 1 aromatic carbocycles. The first-order valence-corrected chi connectivity index (χ1v) is 7.44. The van der Waals surface area contributed by atoms with Crippen LogP contribution in [0.1, 0.15) is 31.4 Å². The van der Waals surface area contributed by atoms with Gasteiger partial charge in [-0.15, -0.1) is 0 Å². The molecule has 1 aromatic rings. The van der Waals surface area contributed by atoms with Gasteiger partial charge in [0.05, 0.1) is 0 Å². The summed E-state index contributed by atoms with van der Waals surface area (Å²) in [7, 11) is 0. The minimum Gasteiger partial charge on any atom is -0.332 e. The Morgan fingerprint density at radius 1 is 1.13 bits per heavy atom. The number of anilines is 1. The van der Waals surface area contributed by atoms with Gasteiger partial charge in [0.15, 0.2) is 0 Å². The van der Waals surface area contributed by atoms with Crippen molar-refractivity contribution in [1.29, 1.82) is 0 Å². The van der Waals surface area contributed by atoms with E-state index in [2.05, 4.69) is 17.2 Å². The van der Waals surface area contributed by atoms with Crippen molar-refractivity contribution in [3.05, 3.63) is 65.4 Å². The topological polar surface area (TPSA) is 58.2 Å². The average Bonchev–Trinajstić information content (AvgIpc) is 2.46. The number of rotatable bonds is 6. The molecule has 0 aliphatic rings. The molecule has 2 N–H and O–H groups in total. The molecular weight excluding hydrogens is 288 g/mol. The Morgan fingerprint density at radius 3 is 2.48 bits per heavy atom. The van der Waals surface area contributed by atoms with E-state index in [-0.39, 0.29) is 18.2 Å². The smallest absolute Gasteiger partial charge is 0.233 e. The van der Waals surface area contributed by atoms with E-state index in [1.165, 1.54) is 0 Å². The van der Waals surface area contributed by atoms with Crippen LogP contribution in [0.5, 0.6) is 0 Å². The minimum atomic E-state index is -0.351. The van der Waals surface area contributed by atoms with E-state index in [0.717, 1.165) is 28.0 Å². The lowest BCUT2D eigenvalue weighted by Gasteiger charge is -2.09. The Morgan fingerprint density at radius 2 is 1.83 bits per heavy atom. The molecule has 0 aliphatic carbocycles. The highest BCUT2D eigenvalue weighted by Crippen LogP contribution is 2.16. The van der Waals surface area contributed by atoms with Crippen LogP contribution < -0.4 is 10.6 Å². The van der Waals surface area contributed by atoms with Crippen molar-refractivity contribution in [3.8, 4) is 0 Å². The largest absolute Gasteiger partial charge is 0.332 e. The average molecular weight is 312 g/mol. The van der Waals surface area contributed by atoms with E-state index in [9.17, 15) is 9.59 Å². The third-order valence-corrected chi connectivity index (χ3v) is 3.08. The van der Waals surface area contributed by atoms with Crippen LogP contribution in [0.4, 0.5) is 5.69 Å². The molecule has 0 saturated heterocycles. The van der Waals surface area contributed by atoms with Gasteiger partial charge < -0.3 is 10.6 Å². The van der Waals surface area contributed by atoms with Crippen molar-refractivity contribution in [2.24, 2.45) is 0 Å². The third kappa shape index (κ3) is 7.27. The third-order valence-electron chi connectivity index (χ3n) is 3.08. The first-order valence-electron chi connectivity index (χ1n) is 7.44. The van der Waals surface area contributed by atoms with Crippen LogP contribution in [0.25, 0.3) is 0 Å². The Hall–Kier alpha value is -2.62. The van der Waals surface area contributed by atoms with Gasteiger partial charge in [0.1, 0.15) is 6.42 Å². The van der Waals surface area contributed by atoms with Gasteiger partial charge in [-0.3, -0.25) is 9.59 Å². The molecule has 0 radical (unpaired) electrons. The van der Waals surface area contributed by atoms with Gasteiger partial charge in [-0.2, -0.15) is 0 Å². The van der Waals surface area contributed by atoms with Crippen LogP contribution in [0.3, 0.4) is 0 Å². The second-order valence-electron chi connectivity index (χ2n) is 5.68. The maximum atomic E-state index is 11.9. The fourth-order valence-electron chi connectivity index (χ4n) is 1.78. The number of carbonyl (C=O) groups excluding carboxylic acids is 2. The second-order valence-corrected chi connectivity index (χ2v) is 5.68. The second kappa shape index (κ2) is 8.73. The number of hydrogen-bond donors (Lipinski definition) is 2. The molecule has 0 heterocycles. The SMILES string of the molecule is C=C(C)/C=C\C(C)=C\NC(=O)CC(=O)Nc1cc(C)ccc1C. The first-order chi connectivity index (χ1) is 10.8. The Bertz CT molecular complexity index is 670. The van der Waals surface area contributed by atoms with Crippen LogP contribution >= 0.6 is 0 Å². The summed E-state index contributed by atoms with van der Waals surface area (Å²) in [6, 6.07) is 5.80. The summed E-state index contributed by atoms with van der Waals surface area (Å²) in [4.78, 5) is 23.7. The first kappa shape index (κ1) is 18.4. The Kier molecular flexibility index (Phi) is 7.00.